The average molecular weight is 325 g/mol. The standard InChI is InChI=1S/C15H21BrN2O/c1-9-15(16)14(18(2)17-9)8-13(19)7-12-6-10-3-4-11(12)5-10/h10-12H,3-8H2,1-2H3. The molecule has 0 aliphatic heterocycles. The molecule has 2 bridgehead atoms. The first-order chi connectivity index (χ1) is 9.04. The van der Waals surface area contributed by atoms with Crippen molar-refractivity contribution in [2.24, 2.45) is 24.8 Å². The molecule has 2 aliphatic rings. The summed E-state index contributed by atoms with van der Waals surface area (Å²) in [4.78, 5) is 12.3. The Morgan fingerprint density at radius 3 is 2.74 bits per heavy atom. The number of Topliss-reactive ketones (excluding diaryl/α,β-unsaturated/α-hetero) is 1. The maximum Gasteiger partial charge on any atom is 0.139 e. The van der Waals surface area contributed by atoms with Crippen molar-refractivity contribution in [3.63, 3.8) is 0 Å². The number of carbonyl (C=O) groups excluding carboxylic acids is 1. The Bertz CT molecular complexity index is 508. The molecular weight excluding hydrogens is 304 g/mol. The summed E-state index contributed by atoms with van der Waals surface area (Å²) < 4.78 is 2.83. The van der Waals surface area contributed by atoms with Gasteiger partial charge < -0.3 is 0 Å². The molecule has 104 valence electrons. The van der Waals surface area contributed by atoms with Gasteiger partial charge in [-0.2, -0.15) is 5.10 Å². The van der Waals surface area contributed by atoms with Crippen LogP contribution in [0.15, 0.2) is 4.47 Å². The van der Waals surface area contributed by atoms with Crippen LogP contribution in [0.5, 0.6) is 0 Å². The number of carbonyl (C=O) groups is 1. The zero-order valence-corrected chi connectivity index (χ0v) is 13.2. The number of hydrogen-bond acceptors (Lipinski definition) is 2. The second kappa shape index (κ2) is 5.04. The monoisotopic (exact) mass is 324 g/mol. The van der Waals surface area contributed by atoms with E-state index in [1.807, 2.05) is 18.7 Å². The summed E-state index contributed by atoms with van der Waals surface area (Å²) in [6.07, 6.45) is 6.73. The quantitative estimate of drug-likeness (QED) is 0.850. The maximum absolute atomic E-state index is 12.3. The van der Waals surface area contributed by atoms with Gasteiger partial charge in [-0.25, -0.2) is 0 Å². The smallest absolute Gasteiger partial charge is 0.139 e. The molecule has 0 amide bonds. The Hall–Kier alpha value is -0.640. The van der Waals surface area contributed by atoms with Crippen LogP contribution in [0.25, 0.3) is 0 Å². The first kappa shape index (κ1) is 13.3. The molecule has 0 N–H and O–H groups in total. The Kier molecular flexibility index (Phi) is 3.54. The lowest BCUT2D eigenvalue weighted by atomic mass is 9.84. The van der Waals surface area contributed by atoms with Crippen molar-refractivity contribution < 1.29 is 4.79 Å². The highest BCUT2D eigenvalue weighted by atomic mass is 79.9. The van der Waals surface area contributed by atoms with Crippen LogP contribution in [0.3, 0.4) is 0 Å². The normalized spacial score (nSPS) is 29.1. The van der Waals surface area contributed by atoms with Crippen LogP contribution in [-0.4, -0.2) is 15.6 Å². The van der Waals surface area contributed by atoms with Crippen molar-refractivity contribution in [1.29, 1.82) is 0 Å². The van der Waals surface area contributed by atoms with Crippen LogP contribution < -0.4 is 0 Å². The fraction of sp³-hybridized carbons (Fsp3) is 0.733. The zero-order chi connectivity index (χ0) is 13.6. The molecule has 0 saturated heterocycles. The molecule has 3 nitrogen and oxygen atoms in total. The number of ketones is 1. The topological polar surface area (TPSA) is 34.9 Å². The molecule has 1 aromatic rings. The molecule has 3 unspecified atom stereocenters. The molecule has 1 aromatic heterocycles. The van der Waals surface area contributed by atoms with Crippen LogP contribution in [0.1, 0.15) is 43.5 Å². The van der Waals surface area contributed by atoms with E-state index in [1.54, 1.807) is 0 Å². The molecule has 4 heteroatoms. The van der Waals surface area contributed by atoms with Gasteiger partial charge in [0.2, 0.25) is 0 Å². The molecular formula is C15H21BrN2O. The second-order valence-corrected chi connectivity index (χ2v) is 7.12. The van der Waals surface area contributed by atoms with Gasteiger partial charge in [-0.1, -0.05) is 6.42 Å². The molecule has 3 atom stereocenters. The fourth-order valence-corrected chi connectivity index (χ4v) is 4.53. The third-order valence-corrected chi connectivity index (χ3v) is 6.03. The van der Waals surface area contributed by atoms with Crippen molar-refractivity contribution in [3.05, 3.63) is 15.9 Å². The van der Waals surface area contributed by atoms with Gasteiger partial charge in [0.15, 0.2) is 0 Å². The highest BCUT2D eigenvalue weighted by Crippen LogP contribution is 2.49. The van der Waals surface area contributed by atoms with Crippen molar-refractivity contribution in [3.8, 4) is 0 Å². The molecule has 19 heavy (non-hydrogen) atoms. The third-order valence-electron chi connectivity index (χ3n) is 5.00. The van der Waals surface area contributed by atoms with E-state index in [-0.39, 0.29) is 0 Å². The predicted octanol–water partition coefficient (Wildman–Crippen LogP) is 3.43. The number of nitrogens with zero attached hydrogens (tertiary/aromatic N) is 2. The minimum atomic E-state index is 0.376. The molecule has 3 rings (SSSR count). The van der Waals surface area contributed by atoms with Crippen LogP contribution >= 0.6 is 15.9 Å². The van der Waals surface area contributed by atoms with Crippen molar-refractivity contribution in [1.82, 2.24) is 9.78 Å². The van der Waals surface area contributed by atoms with Gasteiger partial charge in [0.05, 0.1) is 15.9 Å². The van der Waals surface area contributed by atoms with Gasteiger partial charge >= 0.3 is 0 Å². The Labute approximate surface area is 122 Å². The highest BCUT2D eigenvalue weighted by molar-refractivity contribution is 9.10. The van der Waals surface area contributed by atoms with Crippen LogP contribution in [0.2, 0.25) is 0 Å². The summed E-state index contributed by atoms with van der Waals surface area (Å²) in [5.41, 5.74) is 1.98. The number of fused-ring (bicyclic) bond motifs is 2. The fourth-order valence-electron chi connectivity index (χ4n) is 4.05. The molecule has 2 aliphatic carbocycles. The summed E-state index contributed by atoms with van der Waals surface area (Å²) in [5.74, 6) is 2.81. The summed E-state index contributed by atoms with van der Waals surface area (Å²) >= 11 is 3.54. The first-order valence-electron chi connectivity index (χ1n) is 7.24. The number of aromatic nitrogens is 2. The van der Waals surface area contributed by atoms with E-state index in [2.05, 4.69) is 21.0 Å². The number of hydrogen-bond donors (Lipinski definition) is 0. The lowest BCUT2D eigenvalue weighted by molar-refractivity contribution is -0.119. The predicted molar refractivity (Wildman–Crippen MR) is 77.9 cm³/mol. The summed E-state index contributed by atoms with van der Waals surface area (Å²) in [6.45, 7) is 1.97. The second-order valence-electron chi connectivity index (χ2n) is 6.32. The van der Waals surface area contributed by atoms with E-state index < -0.39 is 0 Å². The minimum Gasteiger partial charge on any atom is -0.299 e. The summed E-state index contributed by atoms with van der Waals surface area (Å²) in [7, 11) is 1.91. The van der Waals surface area contributed by atoms with E-state index >= 15 is 0 Å². The maximum atomic E-state index is 12.3. The summed E-state index contributed by atoms with van der Waals surface area (Å²) in [6, 6.07) is 0. The van der Waals surface area contributed by atoms with Crippen molar-refractivity contribution in [2.45, 2.75) is 45.4 Å². The van der Waals surface area contributed by atoms with E-state index in [9.17, 15) is 4.79 Å². The van der Waals surface area contributed by atoms with E-state index in [1.165, 1.54) is 25.7 Å². The van der Waals surface area contributed by atoms with Crippen LogP contribution in [0.4, 0.5) is 0 Å². The highest BCUT2D eigenvalue weighted by Gasteiger charge is 2.40. The molecule has 2 fully saturated rings. The Morgan fingerprint density at radius 2 is 2.21 bits per heavy atom. The van der Waals surface area contributed by atoms with Gasteiger partial charge in [0.25, 0.3) is 0 Å². The average Bonchev–Trinajstić information content (AvgIpc) is 3.01. The number of halogens is 1. The summed E-state index contributed by atoms with van der Waals surface area (Å²) in [5, 5.41) is 4.35. The van der Waals surface area contributed by atoms with Crippen LogP contribution in [0, 0.1) is 24.7 Å². The van der Waals surface area contributed by atoms with E-state index in [0.29, 0.717) is 18.1 Å². The molecule has 0 aromatic carbocycles. The van der Waals surface area contributed by atoms with Crippen LogP contribution in [-0.2, 0) is 18.3 Å². The lowest BCUT2D eigenvalue weighted by Crippen LogP contribution is -2.17. The zero-order valence-electron chi connectivity index (χ0n) is 11.7. The van der Waals surface area contributed by atoms with E-state index in [0.717, 1.165) is 34.1 Å². The Balaban J connectivity index is 1.62. The largest absolute Gasteiger partial charge is 0.299 e. The third kappa shape index (κ3) is 2.51. The number of rotatable bonds is 4. The molecule has 1 heterocycles. The van der Waals surface area contributed by atoms with Gasteiger partial charge in [-0.05, 0) is 59.9 Å². The van der Waals surface area contributed by atoms with Gasteiger partial charge in [-0.3, -0.25) is 9.48 Å². The van der Waals surface area contributed by atoms with Crippen molar-refractivity contribution >= 4 is 21.7 Å². The van der Waals surface area contributed by atoms with Gasteiger partial charge in [0.1, 0.15) is 5.78 Å². The SMILES string of the molecule is Cc1nn(C)c(CC(=O)CC2CC3CCC2C3)c1Br. The van der Waals surface area contributed by atoms with Gasteiger partial charge in [0, 0.05) is 19.9 Å². The Morgan fingerprint density at radius 1 is 1.42 bits per heavy atom. The number of aryl methyl sites for hydroxylation is 2. The lowest BCUT2D eigenvalue weighted by Gasteiger charge is -2.20. The molecule has 0 spiro atoms. The minimum absolute atomic E-state index is 0.376. The van der Waals surface area contributed by atoms with Crippen molar-refractivity contribution in [2.75, 3.05) is 0 Å². The van der Waals surface area contributed by atoms with E-state index in [4.69, 9.17) is 0 Å². The van der Waals surface area contributed by atoms with Gasteiger partial charge in [-0.15, -0.1) is 0 Å². The molecule has 0 radical (unpaired) electrons. The first-order valence-corrected chi connectivity index (χ1v) is 8.03. The molecule has 2 saturated carbocycles.